The maximum absolute atomic E-state index is 4.47. The summed E-state index contributed by atoms with van der Waals surface area (Å²) >= 11 is 1.89. The number of piperidine rings is 1. The van der Waals surface area contributed by atoms with Gasteiger partial charge in [-0.25, -0.2) is 4.98 Å². The molecular formula is C11H18N2S. The maximum Gasteiger partial charge on any atom is 0.0930 e. The van der Waals surface area contributed by atoms with Gasteiger partial charge >= 0.3 is 0 Å². The first kappa shape index (κ1) is 10.1. The van der Waals surface area contributed by atoms with E-state index in [1.54, 1.807) is 0 Å². The molecule has 2 heterocycles. The fourth-order valence-corrected chi connectivity index (χ4v) is 2.93. The van der Waals surface area contributed by atoms with Gasteiger partial charge < -0.3 is 5.32 Å². The molecular weight excluding hydrogens is 192 g/mol. The fraction of sp³-hybridized carbons (Fsp3) is 0.727. The summed E-state index contributed by atoms with van der Waals surface area (Å²) in [5, 5.41) is 4.78. The van der Waals surface area contributed by atoms with Crippen LogP contribution in [-0.4, -0.2) is 18.1 Å². The van der Waals surface area contributed by atoms with E-state index in [1.165, 1.54) is 42.2 Å². The Morgan fingerprint density at radius 3 is 3.21 bits per heavy atom. The quantitative estimate of drug-likeness (QED) is 0.827. The monoisotopic (exact) mass is 210 g/mol. The molecule has 0 radical (unpaired) electrons. The van der Waals surface area contributed by atoms with Crippen LogP contribution in [0.5, 0.6) is 0 Å². The third kappa shape index (κ3) is 2.55. The van der Waals surface area contributed by atoms with Crippen LogP contribution >= 0.6 is 11.3 Å². The topological polar surface area (TPSA) is 24.9 Å². The van der Waals surface area contributed by atoms with Gasteiger partial charge in [-0.2, -0.15) is 0 Å². The van der Waals surface area contributed by atoms with Gasteiger partial charge in [0.25, 0.3) is 0 Å². The zero-order valence-electron chi connectivity index (χ0n) is 8.75. The van der Waals surface area contributed by atoms with Crippen molar-refractivity contribution in [1.82, 2.24) is 10.3 Å². The second kappa shape index (κ2) is 4.89. The lowest BCUT2D eigenvalue weighted by molar-refractivity contribution is 0.376. The van der Waals surface area contributed by atoms with Crippen molar-refractivity contribution in [3.8, 4) is 0 Å². The summed E-state index contributed by atoms with van der Waals surface area (Å²) in [6.07, 6.45) is 7.04. The average Bonchev–Trinajstić information content (AvgIpc) is 2.67. The molecule has 0 spiro atoms. The average molecular weight is 210 g/mol. The minimum Gasteiger partial charge on any atom is -0.316 e. The van der Waals surface area contributed by atoms with E-state index in [4.69, 9.17) is 0 Å². The van der Waals surface area contributed by atoms with Gasteiger partial charge in [-0.1, -0.05) is 6.92 Å². The first-order chi connectivity index (χ1) is 6.88. The Balaban J connectivity index is 1.89. The third-order valence-corrected chi connectivity index (χ3v) is 3.98. The van der Waals surface area contributed by atoms with Crippen LogP contribution in [0.4, 0.5) is 0 Å². The lowest BCUT2D eigenvalue weighted by atomic mass is 9.97. The number of rotatable bonds is 3. The fourth-order valence-electron chi connectivity index (χ4n) is 1.95. The summed E-state index contributed by atoms with van der Waals surface area (Å²) in [5.74, 6) is 0.819. The molecule has 0 aromatic carbocycles. The molecule has 0 amide bonds. The van der Waals surface area contributed by atoms with Crippen molar-refractivity contribution in [3.05, 3.63) is 16.1 Å². The number of thiazole rings is 1. The minimum absolute atomic E-state index is 0.819. The smallest absolute Gasteiger partial charge is 0.0930 e. The van der Waals surface area contributed by atoms with Crippen molar-refractivity contribution in [1.29, 1.82) is 0 Å². The number of aryl methyl sites for hydroxylation is 1. The molecule has 0 bridgehead atoms. The van der Waals surface area contributed by atoms with Gasteiger partial charge in [-0.05, 0) is 38.3 Å². The molecule has 1 aliphatic heterocycles. The molecule has 1 aromatic heterocycles. The van der Waals surface area contributed by atoms with Gasteiger partial charge in [0.05, 0.1) is 5.01 Å². The molecule has 78 valence electrons. The van der Waals surface area contributed by atoms with Crippen molar-refractivity contribution >= 4 is 11.3 Å². The molecule has 1 aliphatic rings. The standard InChI is InChI=1S/C11H18N2S/c1-2-10-8-13-11(14-10)6-9-4-3-5-12-7-9/h8-9,12H,2-7H2,1H3. The number of aromatic nitrogens is 1. The molecule has 0 aliphatic carbocycles. The Labute approximate surface area is 89.8 Å². The first-order valence-corrected chi connectivity index (χ1v) is 6.34. The predicted octanol–water partition coefficient (Wildman–Crippen LogP) is 2.25. The normalized spacial score (nSPS) is 22.5. The molecule has 1 fully saturated rings. The van der Waals surface area contributed by atoms with Crippen LogP contribution < -0.4 is 5.32 Å². The molecule has 1 unspecified atom stereocenters. The summed E-state index contributed by atoms with van der Waals surface area (Å²) in [4.78, 5) is 5.89. The summed E-state index contributed by atoms with van der Waals surface area (Å²) in [6, 6.07) is 0. The van der Waals surface area contributed by atoms with E-state index in [1.807, 2.05) is 17.5 Å². The van der Waals surface area contributed by atoms with E-state index in [0.29, 0.717) is 0 Å². The molecule has 0 saturated carbocycles. The molecule has 2 nitrogen and oxygen atoms in total. The van der Waals surface area contributed by atoms with Crippen LogP contribution in [0, 0.1) is 5.92 Å². The molecule has 3 heteroatoms. The highest BCUT2D eigenvalue weighted by Crippen LogP contribution is 2.20. The lowest BCUT2D eigenvalue weighted by Gasteiger charge is -2.21. The van der Waals surface area contributed by atoms with Crippen LogP contribution in [0.15, 0.2) is 6.20 Å². The SMILES string of the molecule is CCc1cnc(CC2CCCNC2)s1. The summed E-state index contributed by atoms with van der Waals surface area (Å²) in [7, 11) is 0. The van der Waals surface area contributed by atoms with E-state index in [-0.39, 0.29) is 0 Å². The van der Waals surface area contributed by atoms with E-state index < -0.39 is 0 Å². The van der Waals surface area contributed by atoms with Crippen LogP contribution in [0.25, 0.3) is 0 Å². The second-order valence-corrected chi connectivity index (χ2v) is 5.19. The highest BCUT2D eigenvalue weighted by Gasteiger charge is 2.14. The molecule has 1 atom stereocenters. The molecule has 2 rings (SSSR count). The molecule has 14 heavy (non-hydrogen) atoms. The summed E-state index contributed by atoms with van der Waals surface area (Å²) < 4.78 is 0. The maximum atomic E-state index is 4.47. The molecule has 1 aromatic rings. The van der Waals surface area contributed by atoms with Crippen LogP contribution in [0.3, 0.4) is 0 Å². The Hall–Kier alpha value is -0.410. The Bertz CT molecular complexity index is 277. The van der Waals surface area contributed by atoms with E-state index in [0.717, 1.165) is 12.3 Å². The van der Waals surface area contributed by atoms with Gasteiger partial charge in [-0.3, -0.25) is 0 Å². The van der Waals surface area contributed by atoms with Crippen molar-refractivity contribution in [2.75, 3.05) is 13.1 Å². The largest absolute Gasteiger partial charge is 0.316 e. The van der Waals surface area contributed by atoms with E-state index >= 15 is 0 Å². The third-order valence-electron chi connectivity index (χ3n) is 2.81. The number of hydrogen-bond donors (Lipinski definition) is 1. The van der Waals surface area contributed by atoms with Crippen molar-refractivity contribution in [3.63, 3.8) is 0 Å². The number of nitrogens with one attached hydrogen (secondary N) is 1. The van der Waals surface area contributed by atoms with Gasteiger partial charge in [0, 0.05) is 17.5 Å². The van der Waals surface area contributed by atoms with Gasteiger partial charge in [-0.15, -0.1) is 11.3 Å². The molecule has 1 N–H and O–H groups in total. The Morgan fingerprint density at radius 1 is 1.64 bits per heavy atom. The van der Waals surface area contributed by atoms with Crippen LogP contribution in [0.2, 0.25) is 0 Å². The highest BCUT2D eigenvalue weighted by atomic mass is 32.1. The van der Waals surface area contributed by atoms with Crippen LogP contribution in [-0.2, 0) is 12.8 Å². The predicted molar refractivity (Wildman–Crippen MR) is 60.8 cm³/mol. The van der Waals surface area contributed by atoms with Gasteiger partial charge in [0.2, 0.25) is 0 Å². The summed E-state index contributed by atoms with van der Waals surface area (Å²) in [6.45, 7) is 4.58. The van der Waals surface area contributed by atoms with Gasteiger partial charge in [0.15, 0.2) is 0 Å². The van der Waals surface area contributed by atoms with Crippen molar-refractivity contribution < 1.29 is 0 Å². The number of hydrogen-bond acceptors (Lipinski definition) is 3. The zero-order valence-corrected chi connectivity index (χ0v) is 9.57. The second-order valence-electron chi connectivity index (χ2n) is 3.99. The van der Waals surface area contributed by atoms with Crippen LogP contribution in [0.1, 0.15) is 29.7 Å². The minimum atomic E-state index is 0.819. The highest BCUT2D eigenvalue weighted by molar-refractivity contribution is 7.11. The zero-order chi connectivity index (χ0) is 9.80. The van der Waals surface area contributed by atoms with E-state index in [9.17, 15) is 0 Å². The molecule has 1 saturated heterocycles. The Kier molecular flexibility index (Phi) is 3.54. The summed E-state index contributed by atoms with van der Waals surface area (Å²) in [5.41, 5.74) is 0. The number of nitrogens with zero attached hydrogens (tertiary/aromatic N) is 1. The van der Waals surface area contributed by atoms with E-state index in [2.05, 4.69) is 17.2 Å². The van der Waals surface area contributed by atoms with Crippen molar-refractivity contribution in [2.45, 2.75) is 32.6 Å². The first-order valence-electron chi connectivity index (χ1n) is 5.52. The van der Waals surface area contributed by atoms with Crippen molar-refractivity contribution in [2.24, 2.45) is 5.92 Å². The van der Waals surface area contributed by atoms with Gasteiger partial charge in [0.1, 0.15) is 0 Å². The lowest BCUT2D eigenvalue weighted by Crippen LogP contribution is -2.30. The Morgan fingerprint density at radius 2 is 2.57 bits per heavy atom.